The molecular formula is C13H20N2O3S. The number of ether oxygens (including phenoxy) is 1. The van der Waals surface area contributed by atoms with Crippen molar-refractivity contribution < 1.29 is 13.2 Å². The van der Waals surface area contributed by atoms with Gasteiger partial charge in [0.2, 0.25) is 10.0 Å². The van der Waals surface area contributed by atoms with Gasteiger partial charge in [-0.3, -0.25) is 0 Å². The van der Waals surface area contributed by atoms with Gasteiger partial charge in [-0.05, 0) is 36.6 Å². The van der Waals surface area contributed by atoms with Gasteiger partial charge in [-0.1, -0.05) is 12.1 Å². The van der Waals surface area contributed by atoms with E-state index < -0.39 is 10.0 Å². The number of sulfonamides is 1. The summed E-state index contributed by atoms with van der Waals surface area (Å²) in [6.07, 6.45) is 0.841. The second-order valence-corrected chi connectivity index (χ2v) is 6.77. The van der Waals surface area contributed by atoms with Crippen LogP contribution < -0.4 is 5.73 Å². The molecule has 1 saturated heterocycles. The first-order chi connectivity index (χ1) is 9.07. The molecule has 0 saturated carbocycles. The summed E-state index contributed by atoms with van der Waals surface area (Å²) in [7, 11) is -1.81. The summed E-state index contributed by atoms with van der Waals surface area (Å²) in [4.78, 5) is 0.333. The molecule has 1 fully saturated rings. The molecule has 1 aliphatic heterocycles. The molecule has 2 N–H and O–H groups in total. The monoisotopic (exact) mass is 284 g/mol. The van der Waals surface area contributed by atoms with Crippen molar-refractivity contribution in [2.75, 3.05) is 26.7 Å². The van der Waals surface area contributed by atoms with E-state index in [9.17, 15) is 8.42 Å². The zero-order valence-corrected chi connectivity index (χ0v) is 11.9. The highest BCUT2D eigenvalue weighted by Crippen LogP contribution is 2.24. The van der Waals surface area contributed by atoms with Crippen molar-refractivity contribution in [1.82, 2.24) is 4.31 Å². The number of rotatable bonds is 5. The van der Waals surface area contributed by atoms with Crippen LogP contribution >= 0.6 is 0 Å². The summed E-state index contributed by atoms with van der Waals surface area (Å²) in [6.45, 7) is 2.02. The first-order valence-corrected chi connectivity index (χ1v) is 7.80. The van der Waals surface area contributed by atoms with Crippen molar-refractivity contribution >= 4 is 10.0 Å². The third-order valence-corrected chi connectivity index (χ3v) is 5.29. The molecule has 0 aromatic heterocycles. The van der Waals surface area contributed by atoms with Crippen LogP contribution in [-0.4, -0.2) is 39.5 Å². The lowest BCUT2D eigenvalue weighted by Crippen LogP contribution is -2.30. The standard InChI is InChI=1S/C13H20N2O3S/c1-18-10-11-3-2-4-13(7-11)19(16,17)15-6-5-12(8-14)9-15/h2-4,7,12H,5-6,8-10,14H2,1H3. The molecule has 1 atom stereocenters. The fourth-order valence-corrected chi connectivity index (χ4v) is 3.92. The average Bonchev–Trinajstić information content (AvgIpc) is 2.89. The fourth-order valence-electron chi connectivity index (χ4n) is 2.32. The summed E-state index contributed by atoms with van der Waals surface area (Å²) < 4.78 is 31.5. The molecular weight excluding hydrogens is 264 g/mol. The first kappa shape index (κ1) is 14.5. The van der Waals surface area contributed by atoms with Crippen LogP contribution in [0.15, 0.2) is 29.2 Å². The normalized spacial score (nSPS) is 20.8. The van der Waals surface area contributed by atoms with Crippen LogP contribution in [0.5, 0.6) is 0 Å². The Labute approximate surface area is 114 Å². The lowest BCUT2D eigenvalue weighted by atomic mass is 10.1. The van der Waals surface area contributed by atoms with Gasteiger partial charge in [-0.25, -0.2) is 8.42 Å². The lowest BCUT2D eigenvalue weighted by Gasteiger charge is -2.16. The summed E-state index contributed by atoms with van der Waals surface area (Å²) in [5.74, 6) is 0.275. The highest BCUT2D eigenvalue weighted by molar-refractivity contribution is 7.89. The van der Waals surface area contributed by atoms with Gasteiger partial charge in [0.1, 0.15) is 0 Å². The van der Waals surface area contributed by atoms with Gasteiger partial charge in [-0.2, -0.15) is 4.31 Å². The minimum absolute atomic E-state index is 0.275. The van der Waals surface area contributed by atoms with Crippen molar-refractivity contribution in [1.29, 1.82) is 0 Å². The van der Waals surface area contributed by atoms with E-state index in [1.807, 2.05) is 6.07 Å². The van der Waals surface area contributed by atoms with Crippen molar-refractivity contribution in [3.8, 4) is 0 Å². The van der Waals surface area contributed by atoms with Gasteiger partial charge < -0.3 is 10.5 Å². The number of hydrogen-bond donors (Lipinski definition) is 1. The molecule has 0 spiro atoms. The molecule has 1 aromatic carbocycles. The van der Waals surface area contributed by atoms with E-state index in [1.54, 1.807) is 25.3 Å². The maximum atomic E-state index is 12.5. The highest BCUT2D eigenvalue weighted by Gasteiger charge is 2.31. The molecule has 0 radical (unpaired) electrons. The third kappa shape index (κ3) is 3.14. The Kier molecular flexibility index (Phi) is 4.57. The predicted octanol–water partition coefficient (Wildman–Crippen LogP) is 0.802. The smallest absolute Gasteiger partial charge is 0.243 e. The maximum absolute atomic E-state index is 12.5. The molecule has 5 nitrogen and oxygen atoms in total. The average molecular weight is 284 g/mol. The second kappa shape index (κ2) is 6.00. The van der Waals surface area contributed by atoms with Gasteiger partial charge >= 0.3 is 0 Å². The van der Waals surface area contributed by atoms with E-state index in [0.29, 0.717) is 31.1 Å². The molecule has 1 aliphatic rings. The minimum Gasteiger partial charge on any atom is -0.380 e. The second-order valence-electron chi connectivity index (χ2n) is 4.83. The van der Waals surface area contributed by atoms with E-state index in [-0.39, 0.29) is 5.92 Å². The van der Waals surface area contributed by atoms with Crippen molar-refractivity contribution in [3.63, 3.8) is 0 Å². The summed E-state index contributed by atoms with van der Waals surface area (Å²) in [5.41, 5.74) is 6.46. The highest BCUT2D eigenvalue weighted by atomic mass is 32.2. The van der Waals surface area contributed by atoms with E-state index in [0.717, 1.165) is 12.0 Å². The molecule has 1 unspecified atom stereocenters. The largest absolute Gasteiger partial charge is 0.380 e. The SMILES string of the molecule is COCc1cccc(S(=O)(=O)N2CCC(CN)C2)c1. The van der Waals surface area contributed by atoms with Crippen LogP contribution in [0.1, 0.15) is 12.0 Å². The first-order valence-electron chi connectivity index (χ1n) is 6.36. The van der Waals surface area contributed by atoms with Gasteiger partial charge in [0, 0.05) is 20.2 Å². The van der Waals surface area contributed by atoms with Crippen molar-refractivity contribution in [2.45, 2.75) is 17.9 Å². The number of nitrogens with zero attached hydrogens (tertiary/aromatic N) is 1. The summed E-state index contributed by atoms with van der Waals surface area (Å²) >= 11 is 0. The molecule has 0 aliphatic carbocycles. The lowest BCUT2D eigenvalue weighted by molar-refractivity contribution is 0.184. The van der Waals surface area contributed by atoms with E-state index in [1.165, 1.54) is 4.31 Å². The van der Waals surface area contributed by atoms with Gasteiger partial charge in [0.05, 0.1) is 11.5 Å². The Morgan fingerprint density at radius 3 is 2.89 bits per heavy atom. The molecule has 1 heterocycles. The number of hydrogen-bond acceptors (Lipinski definition) is 4. The van der Waals surface area contributed by atoms with Crippen LogP contribution in [0.25, 0.3) is 0 Å². The zero-order valence-electron chi connectivity index (χ0n) is 11.1. The van der Waals surface area contributed by atoms with E-state index >= 15 is 0 Å². The van der Waals surface area contributed by atoms with Crippen LogP contribution in [0.2, 0.25) is 0 Å². The van der Waals surface area contributed by atoms with E-state index in [2.05, 4.69) is 0 Å². The Balaban J connectivity index is 2.22. The topological polar surface area (TPSA) is 72.6 Å². The molecule has 0 amide bonds. The Bertz CT molecular complexity index is 530. The Morgan fingerprint density at radius 1 is 1.47 bits per heavy atom. The predicted molar refractivity (Wildman–Crippen MR) is 73.1 cm³/mol. The molecule has 19 heavy (non-hydrogen) atoms. The van der Waals surface area contributed by atoms with Gasteiger partial charge in [-0.15, -0.1) is 0 Å². The zero-order chi connectivity index (χ0) is 13.9. The number of nitrogens with two attached hydrogens (primary N) is 1. The molecule has 2 rings (SSSR count). The van der Waals surface area contributed by atoms with Crippen LogP contribution in [0.3, 0.4) is 0 Å². The quantitative estimate of drug-likeness (QED) is 0.868. The molecule has 106 valence electrons. The van der Waals surface area contributed by atoms with Crippen molar-refractivity contribution in [3.05, 3.63) is 29.8 Å². The van der Waals surface area contributed by atoms with Gasteiger partial charge in [0.15, 0.2) is 0 Å². The molecule has 6 heteroatoms. The third-order valence-electron chi connectivity index (χ3n) is 3.43. The van der Waals surface area contributed by atoms with Crippen LogP contribution in [0.4, 0.5) is 0 Å². The molecule has 0 bridgehead atoms. The van der Waals surface area contributed by atoms with Crippen LogP contribution in [0, 0.1) is 5.92 Å². The number of benzene rings is 1. The van der Waals surface area contributed by atoms with Crippen LogP contribution in [-0.2, 0) is 21.4 Å². The Morgan fingerprint density at radius 2 is 2.26 bits per heavy atom. The summed E-state index contributed by atoms with van der Waals surface area (Å²) in [5, 5.41) is 0. The fraction of sp³-hybridized carbons (Fsp3) is 0.538. The van der Waals surface area contributed by atoms with Gasteiger partial charge in [0.25, 0.3) is 0 Å². The minimum atomic E-state index is -3.40. The van der Waals surface area contributed by atoms with Crippen molar-refractivity contribution in [2.24, 2.45) is 11.7 Å². The maximum Gasteiger partial charge on any atom is 0.243 e. The summed E-state index contributed by atoms with van der Waals surface area (Å²) in [6, 6.07) is 6.91. The van der Waals surface area contributed by atoms with E-state index in [4.69, 9.17) is 10.5 Å². The number of methoxy groups -OCH3 is 1. The molecule has 1 aromatic rings. The Hall–Kier alpha value is -0.950.